The number of hydrogen-bond donors (Lipinski definition) is 0. The van der Waals surface area contributed by atoms with E-state index in [1.54, 1.807) is 18.2 Å². The van der Waals surface area contributed by atoms with Crippen LogP contribution in [0.15, 0.2) is 30.3 Å². The van der Waals surface area contributed by atoms with Crippen molar-refractivity contribution in [1.29, 1.82) is 0 Å². The molecule has 0 aromatic heterocycles. The van der Waals surface area contributed by atoms with Crippen LogP contribution >= 0.6 is 0 Å². The molecule has 0 aliphatic heterocycles. The Kier molecular flexibility index (Phi) is 3.81. The van der Waals surface area contributed by atoms with E-state index < -0.39 is 11.8 Å². The van der Waals surface area contributed by atoms with Gasteiger partial charge >= 0.3 is 5.97 Å². The molecule has 0 spiro atoms. The first-order valence-electron chi connectivity index (χ1n) is 7.15. The second kappa shape index (κ2) is 5.81. The summed E-state index contributed by atoms with van der Waals surface area (Å²) in [5.41, 5.74) is 0.719. The van der Waals surface area contributed by atoms with Crippen molar-refractivity contribution < 1.29 is 28.6 Å². The van der Waals surface area contributed by atoms with Gasteiger partial charge in [0.1, 0.15) is 5.75 Å². The summed E-state index contributed by atoms with van der Waals surface area (Å²) < 4.78 is 15.5. The second-order valence-corrected chi connectivity index (χ2v) is 5.15. The quantitative estimate of drug-likeness (QED) is 0.543. The minimum atomic E-state index is -0.555. The fourth-order valence-corrected chi connectivity index (χ4v) is 2.81. The van der Waals surface area contributed by atoms with Gasteiger partial charge in [-0.25, -0.2) is 0 Å². The molecule has 6 nitrogen and oxygen atoms in total. The van der Waals surface area contributed by atoms with Crippen LogP contribution in [0.25, 0.3) is 0 Å². The van der Waals surface area contributed by atoms with Crippen molar-refractivity contribution in [3.05, 3.63) is 52.6 Å². The van der Waals surface area contributed by atoms with Gasteiger partial charge < -0.3 is 14.2 Å². The third kappa shape index (κ3) is 2.23. The molecule has 122 valence electrons. The maximum Gasteiger partial charge on any atom is 0.308 e. The van der Waals surface area contributed by atoms with Crippen molar-refractivity contribution >= 4 is 17.5 Å². The standard InChI is InChI=1S/C18H14O6/c1-9(19)24-13-8-7-11-15(18(13)23-3)17(21)14-10(16(11)20)5-4-6-12(14)22-2/h4-8H,1-3H3. The molecular formula is C18H14O6. The molecule has 24 heavy (non-hydrogen) atoms. The highest BCUT2D eigenvalue weighted by molar-refractivity contribution is 6.30. The predicted octanol–water partition coefficient (Wildman–Crippen LogP) is 2.40. The van der Waals surface area contributed by atoms with E-state index in [1.807, 2.05) is 0 Å². The Hall–Kier alpha value is -3.15. The van der Waals surface area contributed by atoms with Crippen LogP contribution in [-0.4, -0.2) is 31.8 Å². The van der Waals surface area contributed by atoms with E-state index in [2.05, 4.69) is 0 Å². The van der Waals surface area contributed by atoms with Gasteiger partial charge in [-0.2, -0.15) is 0 Å². The Morgan fingerprint density at radius 1 is 0.833 bits per heavy atom. The molecule has 0 saturated carbocycles. The average Bonchev–Trinajstić information content (AvgIpc) is 2.58. The number of carbonyl (C=O) groups is 3. The molecule has 2 aromatic carbocycles. The molecule has 0 saturated heterocycles. The van der Waals surface area contributed by atoms with Crippen molar-refractivity contribution in [2.24, 2.45) is 0 Å². The molecule has 0 atom stereocenters. The molecule has 0 bridgehead atoms. The number of carbonyl (C=O) groups excluding carboxylic acids is 3. The predicted molar refractivity (Wildman–Crippen MR) is 84.2 cm³/mol. The molecule has 0 N–H and O–H groups in total. The largest absolute Gasteiger partial charge is 0.496 e. The Morgan fingerprint density at radius 3 is 2.17 bits per heavy atom. The van der Waals surface area contributed by atoms with Crippen LogP contribution in [0, 0.1) is 0 Å². The molecule has 0 unspecified atom stereocenters. The Balaban J connectivity index is 2.29. The van der Waals surface area contributed by atoms with Crippen molar-refractivity contribution in [3.63, 3.8) is 0 Å². The monoisotopic (exact) mass is 326 g/mol. The van der Waals surface area contributed by atoms with Crippen molar-refractivity contribution in [2.45, 2.75) is 6.92 Å². The van der Waals surface area contributed by atoms with E-state index in [0.29, 0.717) is 5.75 Å². The van der Waals surface area contributed by atoms with Crippen LogP contribution in [0.5, 0.6) is 17.2 Å². The number of methoxy groups -OCH3 is 2. The summed E-state index contributed by atoms with van der Waals surface area (Å²) in [6.07, 6.45) is 0. The first-order chi connectivity index (χ1) is 11.5. The van der Waals surface area contributed by atoms with Gasteiger partial charge in [-0.1, -0.05) is 12.1 Å². The van der Waals surface area contributed by atoms with Crippen LogP contribution in [0.3, 0.4) is 0 Å². The third-order valence-corrected chi connectivity index (χ3v) is 3.77. The summed E-state index contributed by atoms with van der Waals surface area (Å²) >= 11 is 0. The van der Waals surface area contributed by atoms with Crippen LogP contribution in [-0.2, 0) is 4.79 Å². The molecule has 0 fully saturated rings. The second-order valence-electron chi connectivity index (χ2n) is 5.15. The zero-order chi connectivity index (χ0) is 17.4. The molecule has 2 aromatic rings. The summed E-state index contributed by atoms with van der Waals surface area (Å²) in [4.78, 5) is 37.0. The van der Waals surface area contributed by atoms with E-state index in [4.69, 9.17) is 14.2 Å². The minimum absolute atomic E-state index is 0.0533. The minimum Gasteiger partial charge on any atom is -0.496 e. The molecule has 6 heteroatoms. The lowest BCUT2D eigenvalue weighted by Gasteiger charge is -2.22. The summed E-state index contributed by atoms with van der Waals surface area (Å²) in [5, 5.41) is 0. The van der Waals surface area contributed by atoms with Gasteiger partial charge in [0.25, 0.3) is 0 Å². The first-order valence-corrected chi connectivity index (χ1v) is 7.15. The Bertz CT molecular complexity index is 881. The highest BCUT2D eigenvalue weighted by Crippen LogP contribution is 2.41. The van der Waals surface area contributed by atoms with Crippen molar-refractivity contribution in [3.8, 4) is 17.2 Å². The number of hydrogen-bond acceptors (Lipinski definition) is 6. The summed E-state index contributed by atoms with van der Waals surface area (Å²) in [5.74, 6) is -0.841. The van der Waals surface area contributed by atoms with E-state index >= 15 is 0 Å². The van der Waals surface area contributed by atoms with Gasteiger partial charge in [-0.15, -0.1) is 0 Å². The van der Waals surface area contributed by atoms with Gasteiger partial charge in [0.15, 0.2) is 17.3 Å². The SMILES string of the molecule is COc1cccc2c1C(=O)c1c(ccc(OC(C)=O)c1OC)C2=O. The number of benzene rings is 2. The highest BCUT2D eigenvalue weighted by atomic mass is 16.6. The lowest BCUT2D eigenvalue weighted by molar-refractivity contribution is -0.132. The lowest BCUT2D eigenvalue weighted by Crippen LogP contribution is -2.23. The topological polar surface area (TPSA) is 78.9 Å². The van der Waals surface area contributed by atoms with Gasteiger partial charge in [0.2, 0.25) is 5.78 Å². The van der Waals surface area contributed by atoms with Gasteiger partial charge in [-0.3, -0.25) is 14.4 Å². The average molecular weight is 326 g/mol. The molecule has 1 aliphatic rings. The Labute approximate surface area is 137 Å². The number of esters is 1. The number of fused-ring (bicyclic) bond motifs is 2. The van der Waals surface area contributed by atoms with Gasteiger partial charge in [-0.05, 0) is 18.2 Å². The highest BCUT2D eigenvalue weighted by Gasteiger charge is 2.36. The van der Waals surface area contributed by atoms with Crippen LogP contribution in [0.2, 0.25) is 0 Å². The van der Waals surface area contributed by atoms with E-state index in [9.17, 15) is 14.4 Å². The van der Waals surface area contributed by atoms with E-state index in [1.165, 1.54) is 33.3 Å². The van der Waals surface area contributed by atoms with Crippen molar-refractivity contribution in [1.82, 2.24) is 0 Å². The maximum absolute atomic E-state index is 13.0. The molecular weight excluding hydrogens is 312 g/mol. The maximum atomic E-state index is 13.0. The molecule has 0 amide bonds. The van der Waals surface area contributed by atoms with E-state index in [-0.39, 0.29) is 39.5 Å². The van der Waals surface area contributed by atoms with E-state index in [0.717, 1.165) is 0 Å². The summed E-state index contributed by atoms with van der Waals surface area (Å²) in [6, 6.07) is 7.73. The smallest absolute Gasteiger partial charge is 0.308 e. The van der Waals surface area contributed by atoms with Crippen LogP contribution < -0.4 is 14.2 Å². The lowest BCUT2D eigenvalue weighted by atomic mass is 9.83. The van der Waals surface area contributed by atoms with Crippen LogP contribution in [0.1, 0.15) is 38.8 Å². The molecule has 3 rings (SSSR count). The summed E-state index contributed by atoms with van der Waals surface area (Å²) in [6.45, 7) is 1.24. The number of ether oxygens (including phenoxy) is 3. The zero-order valence-corrected chi connectivity index (χ0v) is 13.3. The Morgan fingerprint density at radius 2 is 1.54 bits per heavy atom. The van der Waals surface area contributed by atoms with Gasteiger partial charge in [0.05, 0.1) is 25.3 Å². The third-order valence-electron chi connectivity index (χ3n) is 3.77. The number of rotatable bonds is 3. The molecule has 0 radical (unpaired) electrons. The fourth-order valence-electron chi connectivity index (χ4n) is 2.81. The summed E-state index contributed by atoms with van der Waals surface area (Å²) in [7, 11) is 2.77. The molecule has 0 heterocycles. The zero-order valence-electron chi connectivity index (χ0n) is 13.3. The number of ketones is 2. The first kappa shape index (κ1) is 15.7. The van der Waals surface area contributed by atoms with Gasteiger partial charge in [0, 0.05) is 18.1 Å². The normalized spacial score (nSPS) is 12.3. The fraction of sp³-hybridized carbons (Fsp3) is 0.167. The van der Waals surface area contributed by atoms with Crippen molar-refractivity contribution in [2.75, 3.05) is 14.2 Å². The van der Waals surface area contributed by atoms with Crippen LogP contribution in [0.4, 0.5) is 0 Å². The molecule has 1 aliphatic carbocycles.